The van der Waals surface area contributed by atoms with Crippen LogP contribution in [0, 0.1) is 0 Å². The molecule has 0 aliphatic carbocycles. The maximum atomic E-state index is 11.1. The molecule has 0 saturated carbocycles. The highest BCUT2D eigenvalue weighted by molar-refractivity contribution is 7.81. The van der Waals surface area contributed by atoms with Gasteiger partial charge in [0.05, 0.1) is 16.6 Å². The summed E-state index contributed by atoms with van der Waals surface area (Å²) in [6, 6.07) is 0. The second-order valence-corrected chi connectivity index (χ2v) is 5.07. The number of hydrogen-bond donors (Lipinski definition) is 1. The van der Waals surface area contributed by atoms with Crippen LogP contribution in [0.25, 0.3) is 0 Å². The lowest BCUT2D eigenvalue weighted by atomic mass is 9.98. The van der Waals surface area contributed by atoms with Crippen LogP contribution in [0.15, 0.2) is 0 Å². The Morgan fingerprint density at radius 2 is 2.08 bits per heavy atom. The van der Waals surface area contributed by atoms with Crippen LogP contribution in [0.5, 0.6) is 0 Å². The molecule has 4 heteroatoms. The molecule has 3 nitrogen and oxygen atoms in total. The molecule has 0 spiro atoms. The second kappa shape index (κ2) is 3.85. The molecule has 1 aliphatic rings. The molecule has 0 amide bonds. The van der Waals surface area contributed by atoms with E-state index in [2.05, 4.69) is 0 Å². The molecule has 2 unspecified atom stereocenters. The van der Waals surface area contributed by atoms with Gasteiger partial charge < -0.3 is 5.11 Å². The number of rotatable bonds is 1. The number of hydrogen-bond acceptors (Lipinski definition) is 2. The predicted octanol–water partition coefficient (Wildman–Crippen LogP) is 0.517. The van der Waals surface area contributed by atoms with E-state index >= 15 is 0 Å². The summed E-state index contributed by atoms with van der Waals surface area (Å²) in [4.78, 5) is 0. The molecule has 1 heterocycles. The molecule has 72 valence electrons. The zero-order valence-corrected chi connectivity index (χ0v) is 8.56. The summed E-state index contributed by atoms with van der Waals surface area (Å²) < 4.78 is 13.0. The van der Waals surface area contributed by atoms with Gasteiger partial charge >= 0.3 is 0 Å². The molecule has 2 atom stereocenters. The van der Waals surface area contributed by atoms with E-state index in [9.17, 15) is 9.32 Å². The third-order valence-electron chi connectivity index (χ3n) is 2.39. The maximum Gasteiger partial charge on any atom is 0.0910 e. The summed E-state index contributed by atoms with van der Waals surface area (Å²) in [5.74, 6) is 0. The molecular formula is C8H17NO2S. The minimum absolute atomic E-state index is 0.547. The van der Waals surface area contributed by atoms with Gasteiger partial charge in [0, 0.05) is 19.3 Å². The molecule has 1 aliphatic heterocycles. The van der Waals surface area contributed by atoms with Crippen molar-refractivity contribution in [3.8, 4) is 0 Å². The summed E-state index contributed by atoms with van der Waals surface area (Å²) in [5, 5.41) is 9.73. The van der Waals surface area contributed by atoms with Crippen LogP contribution in [-0.2, 0) is 11.0 Å². The van der Waals surface area contributed by atoms with Crippen molar-refractivity contribution in [3.63, 3.8) is 0 Å². The fourth-order valence-electron chi connectivity index (χ4n) is 1.50. The van der Waals surface area contributed by atoms with E-state index < -0.39 is 16.6 Å². The van der Waals surface area contributed by atoms with Crippen molar-refractivity contribution < 1.29 is 9.32 Å². The third kappa shape index (κ3) is 2.84. The molecule has 0 aromatic carbocycles. The van der Waals surface area contributed by atoms with Crippen LogP contribution < -0.4 is 0 Å². The van der Waals surface area contributed by atoms with Gasteiger partial charge in [-0.25, -0.2) is 8.51 Å². The summed E-state index contributed by atoms with van der Waals surface area (Å²) in [6.45, 7) is 3.45. The Labute approximate surface area is 76.4 Å². The largest absolute Gasteiger partial charge is 0.390 e. The molecule has 1 fully saturated rings. The summed E-state index contributed by atoms with van der Waals surface area (Å²) in [6.07, 6.45) is 4.18. The van der Waals surface area contributed by atoms with E-state index in [4.69, 9.17) is 0 Å². The first-order valence-electron chi connectivity index (χ1n) is 4.32. The van der Waals surface area contributed by atoms with Crippen molar-refractivity contribution in [3.05, 3.63) is 0 Å². The lowest BCUT2D eigenvalue weighted by Gasteiger charge is -2.20. The zero-order chi connectivity index (χ0) is 9.19. The lowest BCUT2D eigenvalue weighted by molar-refractivity contribution is 0.0466. The van der Waals surface area contributed by atoms with Gasteiger partial charge in [-0.1, -0.05) is 0 Å². The molecule has 0 radical (unpaired) electrons. The van der Waals surface area contributed by atoms with E-state index in [1.807, 2.05) is 11.2 Å². The maximum absolute atomic E-state index is 11.1. The molecule has 1 N–H and O–H groups in total. The fraction of sp³-hybridized carbons (Fsp3) is 1.00. The molecular weight excluding hydrogens is 174 g/mol. The number of aliphatic hydroxyl groups is 1. The molecule has 0 aromatic rings. The summed E-state index contributed by atoms with van der Waals surface area (Å²) >= 11 is 0. The van der Waals surface area contributed by atoms with Gasteiger partial charge in [-0.05, 0) is 26.2 Å². The average Bonchev–Trinajstić information content (AvgIpc) is 2.10. The van der Waals surface area contributed by atoms with Gasteiger partial charge in [0.15, 0.2) is 0 Å². The Bertz CT molecular complexity index is 182. The second-order valence-electron chi connectivity index (χ2n) is 3.70. The molecule has 12 heavy (non-hydrogen) atoms. The van der Waals surface area contributed by atoms with Crippen LogP contribution in [0.3, 0.4) is 0 Å². The highest BCUT2D eigenvalue weighted by atomic mass is 32.2. The van der Waals surface area contributed by atoms with Crippen LogP contribution in [0.4, 0.5) is 0 Å². The first kappa shape index (κ1) is 10.2. The summed E-state index contributed by atoms with van der Waals surface area (Å²) in [7, 11) is -0.874. The van der Waals surface area contributed by atoms with Crippen molar-refractivity contribution in [1.29, 1.82) is 0 Å². The fourth-order valence-corrected chi connectivity index (χ4v) is 2.23. The van der Waals surface area contributed by atoms with Crippen molar-refractivity contribution in [2.24, 2.45) is 0 Å². The molecule has 0 bridgehead atoms. The van der Waals surface area contributed by atoms with Crippen LogP contribution in [0.1, 0.15) is 26.2 Å². The Morgan fingerprint density at radius 3 is 2.67 bits per heavy atom. The number of nitrogens with zero attached hydrogens (tertiary/aromatic N) is 1. The van der Waals surface area contributed by atoms with Gasteiger partial charge in [0.1, 0.15) is 0 Å². The van der Waals surface area contributed by atoms with Crippen LogP contribution in [-0.4, -0.2) is 38.6 Å². The highest BCUT2D eigenvalue weighted by Gasteiger charge is 2.25. The van der Waals surface area contributed by atoms with Gasteiger partial charge in [0.2, 0.25) is 0 Å². The van der Waals surface area contributed by atoms with Gasteiger partial charge in [-0.15, -0.1) is 0 Å². The van der Waals surface area contributed by atoms with Gasteiger partial charge in [-0.3, -0.25) is 0 Å². The average molecular weight is 191 g/mol. The van der Waals surface area contributed by atoms with E-state index in [0.29, 0.717) is 0 Å². The zero-order valence-electron chi connectivity index (χ0n) is 7.75. The Hall–Kier alpha value is 0.0700. The van der Waals surface area contributed by atoms with Gasteiger partial charge in [0.25, 0.3) is 0 Å². The smallest absolute Gasteiger partial charge is 0.0910 e. The highest BCUT2D eigenvalue weighted by Crippen LogP contribution is 2.21. The standard InChI is InChI=1S/C8H17NO2S/c1-8(10)4-3-6-9(7-5-8)12(2)11/h10H,3-7H2,1-2H3. The Balaban J connectivity index is 2.50. The quantitative estimate of drug-likeness (QED) is 0.656. The lowest BCUT2D eigenvalue weighted by Crippen LogP contribution is -2.29. The van der Waals surface area contributed by atoms with E-state index in [1.54, 1.807) is 6.26 Å². The molecule has 0 aromatic heterocycles. The van der Waals surface area contributed by atoms with Crippen molar-refractivity contribution >= 4 is 11.0 Å². The third-order valence-corrected chi connectivity index (χ3v) is 3.48. The van der Waals surface area contributed by atoms with Crippen molar-refractivity contribution in [2.75, 3.05) is 19.3 Å². The first-order chi connectivity index (χ1) is 5.51. The normalized spacial score (nSPS) is 35.9. The minimum Gasteiger partial charge on any atom is -0.390 e. The van der Waals surface area contributed by atoms with Crippen molar-refractivity contribution in [1.82, 2.24) is 4.31 Å². The first-order valence-corrected chi connectivity index (χ1v) is 5.84. The van der Waals surface area contributed by atoms with E-state index in [0.717, 1.165) is 32.4 Å². The molecule has 1 rings (SSSR count). The van der Waals surface area contributed by atoms with E-state index in [1.165, 1.54) is 0 Å². The topological polar surface area (TPSA) is 40.5 Å². The Kier molecular flexibility index (Phi) is 3.26. The van der Waals surface area contributed by atoms with Crippen LogP contribution in [0.2, 0.25) is 0 Å². The molecule has 1 saturated heterocycles. The Morgan fingerprint density at radius 1 is 1.42 bits per heavy atom. The predicted molar refractivity (Wildman–Crippen MR) is 50.1 cm³/mol. The van der Waals surface area contributed by atoms with Crippen LogP contribution >= 0.6 is 0 Å². The monoisotopic (exact) mass is 191 g/mol. The van der Waals surface area contributed by atoms with Gasteiger partial charge in [-0.2, -0.15) is 0 Å². The van der Waals surface area contributed by atoms with Crippen molar-refractivity contribution in [2.45, 2.75) is 31.8 Å². The van der Waals surface area contributed by atoms with E-state index in [-0.39, 0.29) is 0 Å². The minimum atomic E-state index is -0.874. The summed E-state index contributed by atoms with van der Waals surface area (Å²) in [5.41, 5.74) is -0.547. The SMILES string of the molecule is CS(=O)N1CCCC(C)(O)CC1.